The zero-order chi connectivity index (χ0) is 18.0. The molecule has 3 rings (SSSR count). The molecule has 0 bridgehead atoms. The van der Waals surface area contributed by atoms with Crippen LogP contribution < -0.4 is 10.2 Å². The first kappa shape index (κ1) is 17.1. The Labute approximate surface area is 149 Å². The van der Waals surface area contributed by atoms with Gasteiger partial charge in [-0.3, -0.25) is 19.8 Å². The largest absolute Gasteiger partial charge is 0.341 e. The SMILES string of the molecule is Cc1ncsc1CCN(C)C(=O)c1ccc(N2CC(=O)NC2=O)cc1. The molecule has 0 radical (unpaired) electrons. The van der Waals surface area contributed by atoms with E-state index in [1.165, 1.54) is 9.78 Å². The smallest absolute Gasteiger partial charge is 0.329 e. The Balaban J connectivity index is 1.63. The molecule has 0 atom stereocenters. The number of rotatable bonds is 5. The van der Waals surface area contributed by atoms with Crippen molar-refractivity contribution in [3.05, 3.63) is 45.9 Å². The van der Waals surface area contributed by atoms with Crippen molar-refractivity contribution in [3.63, 3.8) is 0 Å². The van der Waals surface area contributed by atoms with E-state index in [1.54, 1.807) is 47.5 Å². The van der Waals surface area contributed by atoms with Crippen LogP contribution >= 0.6 is 11.3 Å². The maximum atomic E-state index is 12.5. The zero-order valence-corrected chi connectivity index (χ0v) is 14.8. The van der Waals surface area contributed by atoms with Gasteiger partial charge >= 0.3 is 6.03 Å². The van der Waals surface area contributed by atoms with Gasteiger partial charge < -0.3 is 4.90 Å². The molecular weight excluding hydrogens is 340 g/mol. The predicted octanol–water partition coefficient (Wildman–Crippen LogP) is 1.82. The monoisotopic (exact) mass is 358 g/mol. The van der Waals surface area contributed by atoms with Crippen molar-refractivity contribution in [2.45, 2.75) is 13.3 Å². The van der Waals surface area contributed by atoms with Crippen molar-refractivity contribution in [2.75, 3.05) is 25.0 Å². The Hall–Kier alpha value is -2.74. The van der Waals surface area contributed by atoms with Crippen LogP contribution in [0.5, 0.6) is 0 Å². The predicted molar refractivity (Wildman–Crippen MR) is 94.8 cm³/mol. The molecule has 0 saturated carbocycles. The Bertz CT molecular complexity index is 816. The second-order valence-electron chi connectivity index (χ2n) is 5.82. The fraction of sp³-hybridized carbons (Fsp3) is 0.294. The maximum Gasteiger partial charge on any atom is 0.329 e. The minimum atomic E-state index is -0.443. The number of nitrogens with one attached hydrogen (secondary N) is 1. The first-order valence-corrected chi connectivity index (χ1v) is 8.69. The molecular formula is C17H18N4O3S. The minimum Gasteiger partial charge on any atom is -0.341 e. The maximum absolute atomic E-state index is 12.5. The number of amides is 4. The van der Waals surface area contributed by atoms with E-state index in [4.69, 9.17) is 0 Å². The number of aromatic nitrogens is 1. The summed E-state index contributed by atoms with van der Waals surface area (Å²) < 4.78 is 0. The fourth-order valence-corrected chi connectivity index (χ4v) is 3.36. The highest BCUT2D eigenvalue weighted by atomic mass is 32.1. The molecule has 8 heteroatoms. The minimum absolute atomic E-state index is 0.000228. The average Bonchev–Trinajstić information content (AvgIpc) is 3.16. The third-order valence-electron chi connectivity index (χ3n) is 4.08. The first-order valence-electron chi connectivity index (χ1n) is 7.81. The summed E-state index contributed by atoms with van der Waals surface area (Å²) in [6.45, 7) is 2.57. The van der Waals surface area contributed by atoms with E-state index in [0.717, 1.165) is 12.1 Å². The summed E-state index contributed by atoms with van der Waals surface area (Å²) in [7, 11) is 1.76. The third-order valence-corrected chi connectivity index (χ3v) is 5.08. The summed E-state index contributed by atoms with van der Waals surface area (Å²) in [6, 6.07) is 6.24. The second-order valence-corrected chi connectivity index (χ2v) is 6.76. The number of benzene rings is 1. The highest BCUT2D eigenvalue weighted by Crippen LogP contribution is 2.19. The van der Waals surface area contributed by atoms with Crippen molar-refractivity contribution in [1.82, 2.24) is 15.2 Å². The lowest BCUT2D eigenvalue weighted by molar-refractivity contribution is -0.117. The van der Waals surface area contributed by atoms with Crippen LogP contribution in [0.15, 0.2) is 29.8 Å². The molecule has 130 valence electrons. The van der Waals surface area contributed by atoms with Crippen LogP contribution in [0.4, 0.5) is 10.5 Å². The van der Waals surface area contributed by atoms with Crippen LogP contribution in [0.1, 0.15) is 20.9 Å². The number of thiazole rings is 1. The van der Waals surface area contributed by atoms with Crippen molar-refractivity contribution in [1.29, 1.82) is 0 Å². The van der Waals surface area contributed by atoms with Gasteiger partial charge in [-0.2, -0.15) is 0 Å². The second kappa shape index (κ2) is 7.02. The first-order chi connectivity index (χ1) is 12.0. The molecule has 0 unspecified atom stereocenters. The lowest BCUT2D eigenvalue weighted by Gasteiger charge is -2.18. The van der Waals surface area contributed by atoms with E-state index >= 15 is 0 Å². The molecule has 2 heterocycles. The number of aryl methyl sites for hydroxylation is 1. The quantitative estimate of drug-likeness (QED) is 0.827. The summed E-state index contributed by atoms with van der Waals surface area (Å²) in [5.74, 6) is -0.418. The number of carbonyl (C=O) groups excluding carboxylic acids is 3. The summed E-state index contributed by atoms with van der Waals surface area (Å²) in [6.07, 6.45) is 0.771. The Morgan fingerprint density at radius 2 is 2.04 bits per heavy atom. The average molecular weight is 358 g/mol. The van der Waals surface area contributed by atoms with Crippen LogP contribution in [0.3, 0.4) is 0 Å². The highest BCUT2D eigenvalue weighted by Gasteiger charge is 2.28. The Morgan fingerprint density at radius 1 is 1.32 bits per heavy atom. The molecule has 7 nitrogen and oxygen atoms in total. The topological polar surface area (TPSA) is 82.6 Å². The standard InChI is InChI=1S/C17H18N4O3S/c1-11-14(25-10-18-11)7-8-20(2)16(23)12-3-5-13(6-4-12)21-9-15(22)19-17(21)24/h3-6,10H,7-9H2,1-2H3,(H,19,22,24). The molecule has 0 aliphatic carbocycles. The Morgan fingerprint density at radius 3 is 2.60 bits per heavy atom. The molecule has 4 amide bonds. The summed E-state index contributed by atoms with van der Waals surface area (Å²) >= 11 is 1.60. The van der Waals surface area contributed by atoms with Gasteiger partial charge in [-0.05, 0) is 31.2 Å². The molecule has 2 aromatic rings. The summed E-state index contributed by atoms with van der Waals surface area (Å²) in [5, 5.41) is 2.22. The molecule has 1 fully saturated rings. The van der Waals surface area contributed by atoms with Crippen LogP contribution in [0.25, 0.3) is 0 Å². The highest BCUT2D eigenvalue weighted by molar-refractivity contribution is 7.09. The number of anilines is 1. The number of urea groups is 1. The van der Waals surface area contributed by atoms with Gasteiger partial charge in [-0.25, -0.2) is 9.78 Å². The summed E-state index contributed by atoms with van der Waals surface area (Å²) in [5.41, 5.74) is 3.94. The molecule has 1 aliphatic heterocycles. The van der Waals surface area contributed by atoms with E-state index < -0.39 is 6.03 Å². The molecule has 1 aromatic carbocycles. The molecule has 1 saturated heterocycles. The van der Waals surface area contributed by atoms with Gasteiger partial charge in [-0.15, -0.1) is 11.3 Å². The molecule has 0 spiro atoms. The van der Waals surface area contributed by atoms with Gasteiger partial charge in [0.2, 0.25) is 5.91 Å². The molecule has 1 aromatic heterocycles. The van der Waals surface area contributed by atoms with Crippen LogP contribution in [-0.2, 0) is 11.2 Å². The number of likely N-dealkylation sites (N-methyl/N-ethyl adjacent to an activating group) is 1. The lowest BCUT2D eigenvalue weighted by Crippen LogP contribution is -2.29. The fourth-order valence-electron chi connectivity index (χ4n) is 2.59. The summed E-state index contributed by atoms with van der Waals surface area (Å²) in [4.78, 5) is 43.8. The molecule has 25 heavy (non-hydrogen) atoms. The van der Waals surface area contributed by atoms with Crippen LogP contribution in [0.2, 0.25) is 0 Å². The number of hydrogen-bond acceptors (Lipinski definition) is 5. The van der Waals surface area contributed by atoms with Crippen LogP contribution in [0, 0.1) is 6.92 Å². The van der Waals surface area contributed by atoms with E-state index in [9.17, 15) is 14.4 Å². The number of nitrogens with zero attached hydrogens (tertiary/aromatic N) is 3. The van der Waals surface area contributed by atoms with E-state index in [2.05, 4.69) is 10.3 Å². The van der Waals surface area contributed by atoms with E-state index in [0.29, 0.717) is 17.8 Å². The van der Waals surface area contributed by atoms with Crippen molar-refractivity contribution >= 4 is 34.9 Å². The zero-order valence-electron chi connectivity index (χ0n) is 14.0. The van der Waals surface area contributed by atoms with Gasteiger partial charge in [0.05, 0.1) is 11.2 Å². The normalized spacial score (nSPS) is 13.9. The van der Waals surface area contributed by atoms with Gasteiger partial charge in [0, 0.05) is 36.1 Å². The lowest BCUT2D eigenvalue weighted by atomic mass is 10.1. The Kier molecular flexibility index (Phi) is 4.80. The molecule has 1 aliphatic rings. The van der Waals surface area contributed by atoms with Gasteiger partial charge in [-0.1, -0.05) is 0 Å². The van der Waals surface area contributed by atoms with Crippen LogP contribution in [-0.4, -0.2) is 47.9 Å². The molecule has 1 N–H and O–H groups in total. The number of carbonyl (C=O) groups is 3. The van der Waals surface area contributed by atoms with Crippen molar-refractivity contribution in [2.24, 2.45) is 0 Å². The van der Waals surface area contributed by atoms with Gasteiger partial charge in [0.25, 0.3) is 5.91 Å². The van der Waals surface area contributed by atoms with E-state index in [-0.39, 0.29) is 18.4 Å². The third kappa shape index (κ3) is 3.69. The number of hydrogen-bond donors (Lipinski definition) is 1. The van der Waals surface area contributed by atoms with Crippen molar-refractivity contribution < 1.29 is 14.4 Å². The van der Waals surface area contributed by atoms with E-state index in [1.807, 2.05) is 12.4 Å². The van der Waals surface area contributed by atoms with Gasteiger partial charge in [0.15, 0.2) is 0 Å². The van der Waals surface area contributed by atoms with Gasteiger partial charge in [0.1, 0.15) is 6.54 Å². The number of imide groups is 1. The van der Waals surface area contributed by atoms with Crippen molar-refractivity contribution in [3.8, 4) is 0 Å².